The zero-order valence-electron chi connectivity index (χ0n) is 11.3. The van der Waals surface area contributed by atoms with Gasteiger partial charge in [-0.05, 0) is 49.0 Å². The van der Waals surface area contributed by atoms with Crippen LogP contribution in [-0.4, -0.2) is 28.8 Å². The largest absolute Gasteiger partial charge is 0.493 e. The Bertz CT molecular complexity index is 415. The first-order valence-corrected chi connectivity index (χ1v) is 8.41. The van der Waals surface area contributed by atoms with E-state index in [2.05, 4.69) is 12.1 Å². The molecule has 3 atom stereocenters. The Kier molecular flexibility index (Phi) is 4.34. The first-order valence-electron chi connectivity index (χ1n) is 7.36. The minimum Gasteiger partial charge on any atom is -0.493 e. The molecule has 3 unspecified atom stereocenters. The number of thioether (sulfide) groups is 1. The molecule has 2 nitrogen and oxygen atoms in total. The number of aliphatic hydroxyl groups is 1. The topological polar surface area (TPSA) is 29.5 Å². The second-order valence-electron chi connectivity index (χ2n) is 5.58. The molecule has 1 saturated heterocycles. The Labute approximate surface area is 119 Å². The van der Waals surface area contributed by atoms with Gasteiger partial charge in [0.2, 0.25) is 0 Å². The first-order chi connectivity index (χ1) is 9.34. The van der Waals surface area contributed by atoms with Gasteiger partial charge in [-0.3, -0.25) is 0 Å². The molecule has 0 aliphatic carbocycles. The number of benzene rings is 1. The zero-order chi connectivity index (χ0) is 13.1. The van der Waals surface area contributed by atoms with E-state index in [4.69, 9.17) is 4.74 Å². The number of hydrogen-bond acceptors (Lipinski definition) is 3. The molecule has 3 rings (SSSR count). The van der Waals surface area contributed by atoms with Crippen LogP contribution >= 0.6 is 11.8 Å². The summed E-state index contributed by atoms with van der Waals surface area (Å²) >= 11 is 1.96. The molecular weight excluding hydrogens is 256 g/mol. The normalized spacial score (nSPS) is 28.3. The summed E-state index contributed by atoms with van der Waals surface area (Å²) < 4.78 is 5.69. The van der Waals surface area contributed by atoms with Crippen LogP contribution in [0.4, 0.5) is 0 Å². The third-order valence-corrected chi connectivity index (χ3v) is 5.76. The van der Waals surface area contributed by atoms with Gasteiger partial charge in [-0.25, -0.2) is 0 Å². The van der Waals surface area contributed by atoms with Crippen LogP contribution in [0.15, 0.2) is 24.3 Å². The second-order valence-corrected chi connectivity index (χ2v) is 6.93. The van der Waals surface area contributed by atoms with E-state index in [-0.39, 0.29) is 6.10 Å². The van der Waals surface area contributed by atoms with Gasteiger partial charge < -0.3 is 9.84 Å². The van der Waals surface area contributed by atoms with Gasteiger partial charge in [-0.1, -0.05) is 24.6 Å². The third kappa shape index (κ3) is 3.09. The summed E-state index contributed by atoms with van der Waals surface area (Å²) in [5.74, 6) is 2.69. The summed E-state index contributed by atoms with van der Waals surface area (Å²) in [7, 11) is 0. The Balaban J connectivity index is 1.66. The quantitative estimate of drug-likeness (QED) is 0.916. The van der Waals surface area contributed by atoms with Gasteiger partial charge in [0.15, 0.2) is 0 Å². The molecule has 19 heavy (non-hydrogen) atoms. The highest BCUT2D eigenvalue weighted by atomic mass is 32.2. The molecular formula is C16H22O2S. The average Bonchev–Trinajstić information content (AvgIpc) is 2.48. The van der Waals surface area contributed by atoms with Crippen LogP contribution in [0.25, 0.3) is 0 Å². The summed E-state index contributed by atoms with van der Waals surface area (Å²) in [5.41, 5.74) is 1.29. The van der Waals surface area contributed by atoms with Crippen LogP contribution < -0.4 is 4.74 Å². The molecule has 0 aromatic heterocycles. The lowest BCUT2D eigenvalue weighted by molar-refractivity contribution is 0.136. The maximum Gasteiger partial charge on any atom is 0.122 e. The van der Waals surface area contributed by atoms with Crippen molar-refractivity contribution in [2.45, 2.75) is 49.4 Å². The van der Waals surface area contributed by atoms with Crippen molar-refractivity contribution in [1.29, 1.82) is 0 Å². The summed E-state index contributed by atoms with van der Waals surface area (Å²) in [5, 5.41) is 10.9. The van der Waals surface area contributed by atoms with Crippen LogP contribution in [-0.2, 0) is 0 Å². The minimum atomic E-state index is -0.165. The molecule has 3 heteroatoms. The van der Waals surface area contributed by atoms with Crippen molar-refractivity contribution >= 4 is 11.8 Å². The van der Waals surface area contributed by atoms with Crippen molar-refractivity contribution in [2.24, 2.45) is 0 Å². The summed E-state index contributed by atoms with van der Waals surface area (Å²) in [6.45, 7) is 0.784. The molecule has 0 saturated carbocycles. The highest BCUT2D eigenvalue weighted by molar-refractivity contribution is 8.00. The van der Waals surface area contributed by atoms with Crippen LogP contribution in [0.3, 0.4) is 0 Å². The molecule has 0 bridgehead atoms. The molecule has 1 fully saturated rings. The van der Waals surface area contributed by atoms with E-state index in [1.165, 1.54) is 30.6 Å². The van der Waals surface area contributed by atoms with E-state index in [0.29, 0.717) is 11.2 Å². The Morgan fingerprint density at radius 3 is 3.00 bits per heavy atom. The van der Waals surface area contributed by atoms with E-state index in [1.54, 1.807) is 0 Å². The molecule has 0 radical (unpaired) electrons. The van der Waals surface area contributed by atoms with Crippen molar-refractivity contribution in [2.75, 3.05) is 12.4 Å². The standard InChI is InChI=1S/C16H22O2S/c17-14(16-7-3-4-10-19-16)11-12-8-9-18-15-6-2-1-5-13(12)15/h1-2,5-6,12,14,16-17H,3-4,7-11H2. The second kappa shape index (κ2) is 6.19. The van der Waals surface area contributed by atoms with Crippen LogP contribution in [0.1, 0.15) is 43.6 Å². The van der Waals surface area contributed by atoms with Crippen molar-refractivity contribution < 1.29 is 9.84 Å². The number of fused-ring (bicyclic) bond motifs is 1. The predicted molar refractivity (Wildman–Crippen MR) is 80.0 cm³/mol. The number of rotatable bonds is 3. The minimum absolute atomic E-state index is 0.165. The lowest BCUT2D eigenvalue weighted by Crippen LogP contribution is -2.29. The fourth-order valence-corrected chi connectivity index (χ4v) is 4.51. The van der Waals surface area contributed by atoms with Crippen molar-refractivity contribution in [1.82, 2.24) is 0 Å². The monoisotopic (exact) mass is 278 g/mol. The zero-order valence-corrected chi connectivity index (χ0v) is 12.1. The number of aliphatic hydroxyl groups excluding tert-OH is 1. The van der Waals surface area contributed by atoms with Crippen molar-refractivity contribution in [3.63, 3.8) is 0 Å². The predicted octanol–water partition coefficient (Wildman–Crippen LogP) is 3.59. The molecule has 1 N–H and O–H groups in total. The Morgan fingerprint density at radius 2 is 2.16 bits per heavy atom. The Hall–Kier alpha value is -0.670. The van der Waals surface area contributed by atoms with Crippen LogP contribution in [0.2, 0.25) is 0 Å². The van der Waals surface area contributed by atoms with Crippen molar-refractivity contribution in [3.8, 4) is 5.75 Å². The number of ether oxygens (including phenoxy) is 1. The summed E-state index contributed by atoms with van der Waals surface area (Å²) in [6, 6.07) is 8.29. The molecule has 0 spiro atoms. The molecule has 104 valence electrons. The van der Waals surface area contributed by atoms with Gasteiger partial charge in [-0.2, -0.15) is 11.8 Å². The van der Waals surface area contributed by atoms with E-state index in [9.17, 15) is 5.11 Å². The van der Waals surface area contributed by atoms with Gasteiger partial charge in [0.05, 0.1) is 12.7 Å². The first kappa shape index (κ1) is 13.3. The molecule has 2 aliphatic heterocycles. The van der Waals surface area contributed by atoms with Crippen molar-refractivity contribution in [3.05, 3.63) is 29.8 Å². The van der Waals surface area contributed by atoms with Crippen LogP contribution in [0, 0.1) is 0 Å². The van der Waals surface area contributed by atoms with Gasteiger partial charge >= 0.3 is 0 Å². The smallest absolute Gasteiger partial charge is 0.122 e. The van der Waals surface area contributed by atoms with Crippen LogP contribution in [0.5, 0.6) is 5.75 Å². The molecule has 2 heterocycles. The fourth-order valence-electron chi connectivity index (χ4n) is 3.17. The summed E-state index contributed by atoms with van der Waals surface area (Å²) in [6.07, 6.45) is 5.52. The maximum atomic E-state index is 10.5. The van der Waals surface area contributed by atoms with E-state index in [1.807, 2.05) is 23.9 Å². The fraction of sp³-hybridized carbons (Fsp3) is 0.625. The van der Waals surface area contributed by atoms with Gasteiger partial charge in [0.25, 0.3) is 0 Å². The molecule has 1 aromatic rings. The third-order valence-electron chi connectivity index (χ3n) is 4.25. The SMILES string of the molecule is OC(CC1CCOc2ccccc21)C1CCCCS1. The highest BCUT2D eigenvalue weighted by Crippen LogP contribution is 2.38. The number of hydrogen-bond donors (Lipinski definition) is 1. The average molecular weight is 278 g/mol. The van der Waals surface area contributed by atoms with E-state index < -0.39 is 0 Å². The maximum absolute atomic E-state index is 10.5. The molecule has 1 aromatic carbocycles. The van der Waals surface area contributed by atoms with Gasteiger partial charge in [0.1, 0.15) is 5.75 Å². The van der Waals surface area contributed by atoms with E-state index >= 15 is 0 Å². The lowest BCUT2D eigenvalue weighted by atomic mass is 9.87. The molecule has 2 aliphatic rings. The van der Waals surface area contributed by atoms with E-state index in [0.717, 1.165) is 25.2 Å². The Morgan fingerprint density at radius 1 is 1.26 bits per heavy atom. The summed E-state index contributed by atoms with van der Waals surface area (Å²) in [4.78, 5) is 0. The van der Waals surface area contributed by atoms with Gasteiger partial charge in [0, 0.05) is 5.25 Å². The number of para-hydroxylation sites is 1. The highest BCUT2D eigenvalue weighted by Gasteiger charge is 2.28. The molecule has 0 amide bonds. The lowest BCUT2D eigenvalue weighted by Gasteiger charge is -2.31. The van der Waals surface area contributed by atoms with Gasteiger partial charge in [-0.15, -0.1) is 0 Å².